The van der Waals surface area contributed by atoms with Gasteiger partial charge in [0.25, 0.3) is 0 Å². The van der Waals surface area contributed by atoms with E-state index >= 15 is 0 Å². The van der Waals surface area contributed by atoms with Crippen LogP contribution in [0.1, 0.15) is 51.7 Å². The molecule has 1 N–H and O–H groups in total. The summed E-state index contributed by atoms with van der Waals surface area (Å²) in [4.78, 5) is 11.8. The highest BCUT2D eigenvalue weighted by Crippen LogP contribution is 2.70. The molecule has 3 aliphatic rings. The van der Waals surface area contributed by atoms with Gasteiger partial charge in [-0.15, -0.1) is 0 Å². The first-order valence-electron chi connectivity index (χ1n) is 9.09. The highest BCUT2D eigenvalue weighted by molar-refractivity contribution is 5.73. The number of hydrogen-bond donors (Lipinski definition) is 1. The van der Waals surface area contributed by atoms with E-state index in [1.807, 2.05) is 0 Å². The summed E-state index contributed by atoms with van der Waals surface area (Å²) in [6.45, 7) is 6.55. The third kappa shape index (κ3) is 2.35. The van der Waals surface area contributed by atoms with Crippen molar-refractivity contribution in [2.75, 3.05) is 6.61 Å². The summed E-state index contributed by atoms with van der Waals surface area (Å²) in [6, 6.07) is 3.81. The Bertz CT molecular complexity index is 720. The molecule has 2 saturated carbocycles. The zero-order valence-corrected chi connectivity index (χ0v) is 14.9. The van der Waals surface area contributed by atoms with Crippen LogP contribution in [0.25, 0.3) is 0 Å². The van der Waals surface area contributed by atoms with E-state index in [0.29, 0.717) is 18.1 Å². The summed E-state index contributed by atoms with van der Waals surface area (Å²) in [5.41, 5.74) is 0.395. The van der Waals surface area contributed by atoms with E-state index in [1.54, 1.807) is 6.92 Å². The van der Waals surface area contributed by atoms with Crippen LogP contribution >= 0.6 is 0 Å². The molecule has 2 bridgehead atoms. The summed E-state index contributed by atoms with van der Waals surface area (Å²) in [5, 5.41) is 3.20. The molecule has 0 radical (unpaired) electrons. The number of amides is 1. The molecule has 1 amide bonds. The van der Waals surface area contributed by atoms with E-state index < -0.39 is 11.6 Å². The lowest BCUT2D eigenvalue weighted by Crippen LogP contribution is -2.58. The predicted molar refractivity (Wildman–Crippen MR) is 89.7 cm³/mol. The number of ether oxygens (including phenoxy) is 1. The molecule has 1 heterocycles. The number of benzene rings is 1. The summed E-state index contributed by atoms with van der Waals surface area (Å²) >= 11 is 0. The van der Waals surface area contributed by atoms with E-state index in [2.05, 4.69) is 19.2 Å². The normalized spacial score (nSPS) is 38.4. The molecule has 1 unspecified atom stereocenters. The maximum absolute atomic E-state index is 14.4. The van der Waals surface area contributed by atoms with Gasteiger partial charge in [0.05, 0.1) is 6.10 Å². The largest absolute Gasteiger partial charge is 0.373 e. The third-order valence-electron chi connectivity index (χ3n) is 7.12. The van der Waals surface area contributed by atoms with Crippen LogP contribution in [0.5, 0.6) is 0 Å². The number of hydrogen-bond acceptors (Lipinski definition) is 2. The van der Waals surface area contributed by atoms with Crippen molar-refractivity contribution in [3.05, 3.63) is 35.4 Å². The Morgan fingerprint density at radius 2 is 2.08 bits per heavy atom. The number of nitrogens with one attached hydrogen (secondary N) is 1. The summed E-state index contributed by atoms with van der Waals surface area (Å²) in [7, 11) is 0. The lowest BCUT2D eigenvalue weighted by Gasteiger charge is -2.53. The van der Waals surface area contributed by atoms with Crippen LogP contribution in [0.4, 0.5) is 8.78 Å². The zero-order valence-electron chi connectivity index (χ0n) is 14.9. The summed E-state index contributed by atoms with van der Waals surface area (Å²) in [6.07, 6.45) is 2.51. The number of fused-ring (bicyclic) bond motifs is 1. The molecule has 1 saturated heterocycles. The number of rotatable bonds is 2. The molecule has 4 rings (SSSR count). The molecule has 1 aromatic rings. The van der Waals surface area contributed by atoms with Crippen LogP contribution in [0.2, 0.25) is 0 Å². The highest BCUT2D eigenvalue weighted by Gasteiger charge is 2.68. The van der Waals surface area contributed by atoms with E-state index in [-0.39, 0.29) is 34.8 Å². The van der Waals surface area contributed by atoms with Gasteiger partial charge in [-0.2, -0.15) is 0 Å². The van der Waals surface area contributed by atoms with Crippen molar-refractivity contribution >= 4 is 5.91 Å². The molecule has 1 aliphatic heterocycles. The first-order valence-corrected chi connectivity index (χ1v) is 9.09. The van der Waals surface area contributed by atoms with Gasteiger partial charge in [0.1, 0.15) is 11.6 Å². The van der Waals surface area contributed by atoms with Crippen LogP contribution in [0.3, 0.4) is 0 Å². The Labute approximate surface area is 147 Å². The molecular formula is C20H25F2NO2. The standard InChI is InChI=1S/C20H25F2NO2/c1-11(24)23-18-19(2,3)12-8-15-17(25-7-6-20(15,18)10-12)14-5-4-13(21)9-16(14)22/h4-5,9,12,15,17-18H,6-8,10H2,1-3H3,(H,23,24)/t12-,15-,17-,18-,20?/m1/s1. The first kappa shape index (κ1) is 17.0. The molecule has 1 aromatic carbocycles. The van der Waals surface area contributed by atoms with E-state index in [9.17, 15) is 13.6 Å². The van der Waals surface area contributed by atoms with Crippen molar-refractivity contribution in [2.24, 2.45) is 22.7 Å². The average Bonchev–Trinajstić information content (AvgIpc) is 3.00. The summed E-state index contributed by atoms with van der Waals surface area (Å²) < 4.78 is 33.7. The van der Waals surface area contributed by atoms with Crippen molar-refractivity contribution in [3.63, 3.8) is 0 Å². The fourth-order valence-corrected chi connectivity index (χ4v) is 6.03. The van der Waals surface area contributed by atoms with Crippen molar-refractivity contribution in [1.82, 2.24) is 5.32 Å². The first-order chi connectivity index (χ1) is 11.8. The van der Waals surface area contributed by atoms with Crippen LogP contribution in [0, 0.1) is 34.3 Å². The maximum Gasteiger partial charge on any atom is 0.217 e. The van der Waals surface area contributed by atoms with Gasteiger partial charge < -0.3 is 10.1 Å². The fourth-order valence-electron chi connectivity index (χ4n) is 6.03. The molecule has 3 nitrogen and oxygen atoms in total. The van der Waals surface area contributed by atoms with Crippen molar-refractivity contribution in [2.45, 2.75) is 52.2 Å². The van der Waals surface area contributed by atoms with Crippen LogP contribution in [0.15, 0.2) is 18.2 Å². The van der Waals surface area contributed by atoms with Crippen LogP contribution in [-0.4, -0.2) is 18.6 Å². The molecular weight excluding hydrogens is 324 g/mol. The molecule has 0 aromatic heterocycles. The minimum atomic E-state index is -0.572. The Morgan fingerprint density at radius 3 is 2.76 bits per heavy atom. The highest BCUT2D eigenvalue weighted by atomic mass is 19.1. The van der Waals surface area contributed by atoms with Crippen molar-refractivity contribution in [1.29, 1.82) is 0 Å². The molecule has 2 aliphatic carbocycles. The van der Waals surface area contributed by atoms with Gasteiger partial charge >= 0.3 is 0 Å². The predicted octanol–water partition coefficient (Wildman–Crippen LogP) is 3.98. The molecule has 25 heavy (non-hydrogen) atoms. The maximum atomic E-state index is 14.4. The minimum absolute atomic E-state index is 0.0187. The van der Waals surface area contributed by atoms with Gasteiger partial charge in [0.2, 0.25) is 5.91 Å². The van der Waals surface area contributed by atoms with Gasteiger partial charge in [-0.3, -0.25) is 4.79 Å². The van der Waals surface area contributed by atoms with E-state index in [4.69, 9.17) is 4.74 Å². The molecule has 5 atom stereocenters. The summed E-state index contributed by atoms with van der Waals surface area (Å²) in [5.74, 6) is -0.509. The quantitative estimate of drug-likeness (QED) is 0.877. The van der Waals surface area contributed by atoms with Gasteiger partial charge in [-0.1, -0.05) is 19.9 Å². The second kappa shape index (κ2) is 5.50. The Morgan fingerprint density at radius 1 is 1.32 bits per heavy atom. The number of carbonyl (C=O) groups excluding carboxylic acids is 1. The lowest BCUT2D eigenvalue weighted by molar-refractivity contribution is -0.136. The van der Waals surface area contributed by atoms with Crippen LogP contribution < -0.4 is 5.32 Å². The Kier molecular flexibility index (Phi) is 3.73. The number of carbonyl (C=O) groups is 1. The third-order valence-corrected chi connectivity index (χ3v) is 7.12. The molecule has 3 fully saturated rings. The topological polar surface area (TPSA) is 38.3 Å². The average molecular weight is 349 g/mol. The molecule has 5 heteroatoms. The zero-order chi connectivity index (χ0) is 18.0. The molecule has 136 valence electrons. The molecule has 1 spiro atoms. The van der Waals surface area contributed by atoms with Gasteiger partial charge in [-0.25, -0.2) is 8.78 Å². The second-order valence-electron chi connectivity index (χ2n) is 8.64. The minimum Gasteiger partial charge on any atom is -0.373 e. The SMILES string of the molecule is CC(=O)N[C@@H]1C(C)(C)[C@@H]2C[C@@H]3[C@@H](c4ccc(F)cc4F)OCCC31C2. The Balaban J connectivity index is 1.73. The van der Waals surface area contributed by atoms with Gasteiger partial charge in [0, 0.05) is 31.2 Å². The van der Waals surface area contributed by atoms with E-state index in [0.717, 1.165) is 25.3 Å². The smallest absolute Gasteiger partial charge is 0.217 e. The van der Waals surface area contributed by atoms with Gasteiger partial charge in [-0.05, 0) is 48.0 Å². The van der Waals surface area contributed by atoms with Gasteiger partial charge in [0.15, 0.2) is 0 Å². The fraction of sp³-hybridized carbons (Fsp3) is 0.650. The lowest BCUT2D eigenvalue weighted by atomic mass is 9.59. The monoisotopic (exact) mass is 349 g/mol. The van der Waals surface area contributed by atoms with Crippen LogP contribution in [-0.2, 0) is 9.53 Å². The van der Waals surface area contributed by atoms with Crippen molar-refractivity contribution < 1.29 is 18.3 Å². The second-order valence-corrected chi connectivity index (χ2v) is 8.64. The number of halogens is 2. The van der Waals surface area contributed by atoms with Crippen molar-refractivity contribution in [3.8, 4) is 0 Å². The van der Waals surface area contributed by atoms with E-state index in [1.165, 1.54) is 12.1 Å². The Hall–Kier alpha value is -1.49.